The maximum atomic E-state index is 11.2. The molecular formula is C7H9N5O. The SMILES string of the molecule is Cc1nc(C(=O)NCCC#N)n[nH]1. The van der Waals surface area contributed by atoms with Crippen molar-refractivity contribution in [3.63, 3.8) is 0 Å². The van der Waals surface area contributed by atoms with Crippen molar-refractivity contribution in [2.45, 2.75) is 13.3 Å². The topological polar surface area (TPSA) is 94.5 Å². The Morgan fingerprint density at radius 1 is 1.77 bits per heavy atom. The summed E-state index contributed by atoms with van der Waals surface area (Å²) < 4.78 is 0. The number of aromatic amines is 1. The fourth-order valence-corrected chi connectivity index (χ4v) is 0.755. The molecule has 0 atom stereocenters. The average molecular weight is 179 g/mol. The Hall–Kier alpha value is -1.90. The minimum absolute atomic E-state index is 0.107. The third-order valence-corrected chi connectivity index (χ3v) is 1.32. The van der Waals surface area contributed by atoms with Gasteiger partial charge in [-0.15, -0.1) is 5.10 Å². The van der Waals surface area contributed by atoms with Crippen LogP contribution in [0.15, 0.2) is 0 Å². The molecule has 2 N–H and O–H groups in total. The van der Waals surface area contributed by atoms with E-state index >= 15 is 0 Å². The van der Waals surface area contributed by atoms with Crippen LogP contribution >= 0.6 is 0 Å². The predicted molar refractivity (Wildman–Crippen MR) is 43.7 cm³/mol. The molecule has 0 aliphatic heterocycles. The summed E-state index contributed by atoms with van der Waals surface area (Å²) in [5.41, 5.74) is 0. The molecule has 0 saturated heterocycles. The number of nitrogens with one attached hydrogen (secondary N) is 2. The molecule has 0 aromatic carbocycles. The number of hydrogen-bond acceptors (Lipinski definition) is 4. The Morgan fingerprint density at radius 2 is 2.54 bits per heavy atom. The molecular weight excluding hydrogens is 170 g/mol. The first-order chi connectivity index (χ1) is 6.24. The zero-order chi connectivity index (χ0) is 9.68. The Morgan fingerprint density at radius 3 is 3.08 bits per heavy atom. The lowest BCUT2D eigenvalue weighted by Gasteiger charge is -1.96. The first kappa shape index (κ1) is 9.19. The molecule has 6 nitrogen and oxygen atoms in total. The standard InChI is InChI=1S/C7H9N5O/c1-5-10-6(12-11-5)7(13)9-4-2-3-8/h2,4H2,1H3,(H,9,13)(H,10,11,12). The Bertz CT molecular complexity index is 337. The lowest BCUT2D eigenvalue weighted by atomic mass is 10.4. The summed E-state index contributed by atoms with van der Waals surface area (Å²) in [6.45, 7) is 2.03. The number of hydrogen-bond donors (Lipinski definition) is 2. The number of carbonyl (C=O) groups is 1. The number of aromatic nitrogens is 3. The van der Waals surface area contributed by atoms with Crippen molar-refractivity contribution in [1.82, 2.24) is 20.5 Å². The van der Waals surface area contributed by atoms with Crippen LogP contribution in [-0.4, -0.2) is 27.6 Å². The van der Waals surface area contributed by atoms with Gasteiger partial charge in [-0.05, 0) is 6.92 Å². The summed E-state index contributed by atoms with van der Waals surface area (Å²) >= 11 is 0. The zero-order valence-electron chi connectivity index (χ0n) is 7.16. The maximum Gasteiger partial charge on any atom is 0.290 e. The summed E-state index contributed by atoms with van der Waals surface area (Å²) in [7, 11) is 0. The molecule has 68 valence electrons. The molecule has 0 bridgehead atoms. The smallest absolute Gasteiger partial charge is 0.290 e. The molecule has 0 saturated carbocycles. The van der Waals surface area contributed by atoms with Gasteiger partial charge in [0.05, 0.1) is 12.5 Å². The van der Waals surface area contributed by atoms with Gasteiger partial charge in [0.1, 0.15) is 5.82 Å². The van der Waals surface area contributed by atoms with Crippen molar-refractivity contribution in [3.8, 4) is 6.07 Å². The number of aryl methyl sites for hydroxylation is 1. The highest BCUT2D eigenvalue weighted by atomic mass is 16.2. The maximum absolute atomic E-state index is 11.2. The second-order valence-corrected chi connectivity index (χ2v) is 2.41. The number of carbonyl (C=O) groups excluding carboxylic acids is 1. The molecule has 0 radical (unpaired) electrons. The van der Waals surface area contributed by atoms with E-state index in [2.05, 4.69) is 20.5 Å². The van der Waals surface area contributed by atoms with E-state index in [0.29, 0.717) is 12.4 Å². The lowest BCUT2D eigenvalue weighted by Crippen LogP contribution is -2.25. The predicted octanol–water partition coefficient (Wildman–Crippen LogP) is -0.243. The van der Waals surface area contributed by atoms with Gasteiger partial charge in [0, 0.05) is 6.54 Å². The van der Waals surface area contributed by atoms with E-state index in [-0.39, 0.29) is 18.2 Å². The van der Waals surface area contributed by atoms with E-state index in [1.165, 1.54) is 0 Å². The highest BCUT2D eigenvalue weighted by molar-refractivity contribution is 5.90. The molecule has 0 aliphatic carbocycles. The fraction of sp³-hybridized carbons (Fsp3) is 0.429. The van der Waals surface area contributed by atoms with Crippen LogP contribution in [-0.2, 0) is 0 Å². The number of nitrogens with zero attached hydrogens (tertiary/aromatic N) is 3. The van der Waals surface area contributed by atoms with Gasteiger partial charge >= 0.3 is 0 Å². The highest BCUT2D eigenvalue weighted by Gasteiger charge is 2.09. The van der Waals surface area contributed by atoms with Crippen LogP contribution in [0.25, 0.3) is 0 Å². The molecule has 6 heteroatoms. The van der Waals surface area contributed by atoms with Crippen LogP contribution in [0.5, 0.6) is 0 Å². The number of amides is 1. The molecule has 13 heavy (non-hydrogen) atoms. The van der Waals surface area contributed by atoms with Crippen LogP contribution in [0.3, 0.4) is 0 Å². The van der Waals surface area contributed by atoms with Crippen molar-refractivity contribution in [2.24, 2.45) is 0 Å². The van der Waals surface area contributed by atoms with E-state index in [9.17, 15) is 4.79 Å². The third-order valence-electron chi connectivity index (χ3n) is 1.32. The van der Waals surface area contributed by atoms with E-state index in [4.69, 9.17) is 5.26 Å². The second-order valence-electron chi connectivity index (χ2n) is 2.41. The third kappa shape index (κ3) is 2.56. The van der Waals surface area contributed by atoms with Gasteiger partial charge in [0.2, 0.25) is 5.82 Å². The van der Waals surface area contributed by atoms with Crippen molar-refractivity contribution >= 4 is 5.91 Å². The lowest BCUT2D eigenvalue weighted by molar-refractivity contribution is 0.0944. The van der Waals surface area contributed by atoms with Crippen molar-refractivity contribution in [1.29, 1.82) is 5.26 Å². The van der Waals surface area contributed by atoms with Gasteiger partial charge < -0.3 is 5.32 Å². The summed E-state index contributed by atoms with van der Waals surface area (Å²) in [6.07, 6.45) is 0.287. The largest absolute Gasteiger partial charge is 0.348 e. The average Bonchev–Trinajstić information content (AvgIpc) is 2.52. The van der Waals surface area contributed by atoms with Gasteiger partial charge in [0.15, 0.2) is 0 Å². The quantitative estimate of drug-likeness (QED) is 0.626. The Kier molecular flexibility index (Phi) is 2.97. The Balaban J connectivity index is 2.45. The van der Waals surface area contributed by atoms with Gasteiger partial charge in [-0.3, -0.25) is 9.89 Å². The molecule has 1 heterocycles. The van der Waals surface area contributed by atoms with E-state index < -0.39 is 0 Å². The van der Waals surface area contributed by atoms with Gasteiger partial charge in [-0.25, -0.2) is 4.98 Å². The van der Waals surface area contributed by atoms with Crippen LogP contribution < -0.4 is 5.32 Å². The van der Waals surface area contributed by atoms with Crippen LogP contribution in [0, 0.1) is 18.3 Å². The summed E-state index contributed by atoms with van der Waals surface area (Å²) in [4.78, 5) is 15.0. The molecule has 0 aliphatic rings. The first-order valence-corrected chi connectivity index (χ1v) is 3.78. The normalized spacial score (nSPS) is 9.23. The second kappa shape index (κ2) is 4.21. The highest BCUT2D eigenvalue weighted by Crippen LogP contribution is 1.89. The number of nitriles is 1. The zero-order valence-corrected chi connectivity index (χ0v) is 7.16. The Labute approximate surface area is 75.0 Å². The first-order valence-electron chi connectivity index (χ1n) is 3.78. The van der Waals surface area contributed by atoms with Gasteiger partial charge in [-0.1, -0.05) is 0 Å². The minimum Gasteiger partial charge on any atom is -0.348 e. The molecule has 0 unspecified atom stereocenters. The number of H-pyrrole nitrogens is 1. The van der Waals surface area contributed by atoms with Gasteiger partial charge in [-0.2, -0.15) is 5.26 Å². The molecule has 1 aromatic rings. The van der Waals surface area contributed by atoms with Crippen LogP contribution in [0.2, 0.25) is 0 Å². The summed E-state index contributed by atoms with van der Waals surface area (Å²) in [6, 6.07) is 1.92. The van der Waals surface area contributed by atoms with Crippen LogP contribution in [0.1, 0.15) is 22.9 Å². The van der Waals surface area contributed by atoms with Crippen molar-refractivity contribution in [2.75, 3.05) is 6.54 Å². The van der Waals surface area contributed by atoms with Gasteiger partial charge in [0.25, 0.3) is 5.91 Å². The van der Waals surface area contributed by atoms with E-state index in [1.54, 1.807) is 6.92 Å². The molecule has 1 rings (SSSR count). The molecule has 1 amide bonds. The molecule has 1 aromatic heterocycles. The van der Waals surface area contributed by atoms with Crippen molar-refractivity contribution in [3.05, 3.63) is 11.6 Å². The molecule has 0 spiro atoms. The fourth-order valence-electron chi connectivity index (χ4n) is 0.755. The van der Waals surface area contributed by atoms with Crippen molar-refractivity contribution < 1.29 is 4.79 Å². The summed E-state index contributed by atoms with van der Waals surface area (Å²) in [5.74, 6) is 0.334. The van der Waals surface area contributed by atoms with E-state index in [0.717, 1.165) is 0 Å². The minimum atomic E-state index is -0.361. The van der Waals surface area contributed by atoms with Crippen LogP contribution in [0.4, 0.5) is 0 Å². The molecule has 0 fully saturated rings. The monoisotopic (exact) mass is 179 g/mol. The number of rotatable bonds is 3. The van der Waals surface area contributed by atoms with E-state index in [1.807, 2.05) is 6.07 Å². The summed E-state index contributed by atoms with van der Waals surface area (Å²) in [5, 5.41) is 16.9.